The molecule has 164 valence electrons. The molecule has 0 atom stereocenters. The number of aliphatic imine (C=N–C) groups is 1. The lowest BCUT2D eigenvalue weighted by Crippen LogP contribution is -2.11. The van der Waals surface area contributed by atoms with Crippen molar-refractivity contribution >= 4 is 51.0 Å². The number of nitrogens with zero attached hydrogens (tertiary/aromatic N) is 1. The lowest BCUT2D eigenvalue weighted by atomic mass is 10.0. The van der Waals surface area contributed by atoms with Gasteiger partial charge in [-0.05, 0) is 82.0 Å². The Morgan fingerprint density at radius 2 is 1.73 bits per heavy atom. The van der Waals surface area contributed by atoms with Crippen molar-refractivity contribution < 1.29 is 9.90 Å². The normalized spacial score (nSPS) is 11.0. The quantitative estimate of drug-likeness (QED) is 0.261. The van der Waals surface area contributed by atoms with Crippen LogP contribution in [0.15, 0.2) is 100 Å². The molecule has 2 N–H and O–H groups in total. The Morgan fingerprint density at radius 3 is 2.52 bits per heavy atom. The highest BCUT2D eigenvalue weighted by molar-refractivity contribution is 9.10. The molecule has 0 unspecified atom stereocenters. The molecule has 0 aliphatic rings. The van der Waals surface area contributed by atoms with Gasteiger partial charge in [0.05, 0.1) is 10.2 Å². The summed E-state index contributed by atoms with van der Waals surface area (Å²) in [5.74, 6) is -0.130. The fraction of sp³-hybridized carbons (Fsp3) is 0.0370. The Hall–Kier alpha value is -3.41. The van der Waals surface area contributed by atoms with E-state index in [9.17, 15) is 9.90 Å². The zero-order valence-electron chi connectivity index (χ0n) is 17.5. The van der Waals surface area contributed by atoms with Crippen molar-refractivity contribution in [1.29, 1.82) is 0 Å². The zero-order chi connectivity index (χ0) is 23.2. The van der Waals surface area contributed by atoms with Crippen molar-refractivity contribution in [2.75, 3.05) is 5.32 Å². The number of carbonyl (C=O) groups excluding carboxylic acids is 1. The molecule has 33 heavy (non-hydrogen) atoms. The molecule has 0 bridgehead atoms. The van der Waals surface area contributed by atoms with Crippen molar-refractivity contribution in [3.63, 3.8) is 0 Å². The summed E-state index contributed by atoms with van der Waals surface area (Å²) in [6.45, 7) is 0. The number of hydrogen-bond acceptors (Lipinski definition) is 3. The summed E-state index contributed by atoms with van der Waals surface area (Å²) >= 11 is 9.41. The van der Waals surface area contributed by atoms with Crippen LogP contribution >= 0.6 is 27.5 Å². The Labute approximate surface area is 205 Å². The number of hydrogen-bond donors (Lipinski definition) is 2. The van der Waals surface area contributed by atoms with Crippen LogP contribution in [0.1, 0.15) is 27.0 Å². The number of phenolic OH excluding ortho intramolecular Hbond substituents is 1. The second-order valence-electron chi connectivity index (χ2n) is 7.45. The molecule has 4 aromatic carbocycles. The molecular formula is C27H20BrClN2O2. The van der Waals surface area contributed by atoms with E-state index in [-0.39, 0.29) is 11.7 Å². The van der Waals surface area contributed by atoms with Crippen LogP contribution < -0.4 is 5.32 Å². The van der Waals surface area contributed by atoms with E-state index in [0.717, 1.165) is 12.0 Å². The van der Waals surface area contributed by atoms with E-state index in [4.69, 9.17) is 11.6 Å². The molecule has 0 aliphatic carbocycles. The predicted octanol–water partition coefficient (Wildman–Crippen LogP) is 7.40. The summed E-state index contributed by atoms with van der Waals surface area (Å²) in [5.41, 5.74) is 4.56. The second-order valence-corrected chi connectivity index (χ2v) is 8.74. The third kappa shape index (κ3) is 6.09. The first-order valence-corrected chi connectivity index (χ1v) is 11.4. The number of aromatic hydroxyl groups is 1. The third-order valence-corrected chi connectivity index (χ3v) is 5.79. The van der Waals surface area contributed by atoms with E-state index in [0.29, 0.717) is 32.0 Å². The molecule has 1 amide bonds. The van der Waals surface area contributed by atoms with Gasteiger partial charge in [-0.1, -0.05) is 54.1 Å². The van der Waals surface area contributed by atoms with Crippen LogP contribution in [0.2, 0.25) is 5.02 Å². The molecule has 0 fully saturated rings. The monoisotopic (exact) mass is 518 g/mol. The Kier molecular flexibility index (Phi) is 7.23. The first-order valence-electron chi connectivity index (χ1n) is 10.2. The van der Waals surface area contributed by atoms with Crippen molar-refractivity contribution in [2.24, 2.45) is 4.99 Å². The zero-order valence-corrected chi connectivity index (χ0v) is 19.8. The molecule has 0 heterocycles. The average Bonchev–Trinajstić information content (AvgIpc) is 2.81. The summed E-state index contributed by atoms with van der Waals surface area (Å²) in [5, 5.41) is 13.8. The van der Waals surface area contributed by atoms with Crippen molar-refractivity contribution in [2.45, 2.75) is 6.42 Å². The van der Waals surface area contributed by atoms with Gasteiger partial charge in [0.25, 0.3) is 5.91 Å². The third-order valence-electron chi connectivity index (χ3n) is 4.95. The van der Waals surface area contributed by atoms with Crippen LogP contribution in [-0.4, -0.2) is 17.2 Å². The molecule has 4 nitrogen and oxygen atoms in total. The lowest BCUT2D eigenvalue weighted by Gasteiger charge is -2.08. The number of carbonyl (C=O) groups is 1. The van der Waals surface area contributed by atoms with Gasteiger partial charge in [0.2, 0.25) is 0 Å². The number of benzene rings is 4. The van der Waals surface area contributed by atoms with E-state index in [2.05, 4.69) is 38.4 Å². The summed E-state index contributed by atoms with van der Waals surface area (Å²) in [4.78, 5) is 17.0. The fourth-order valence-electron chi connectivity index (χ4n) is 3.35. The molecule has 0 radical (unpaired) electrons. The van der Waals surface area contributed by atoms with Gasteiger partial charge >= 0.3 is 0 Å². The van der Waals surface area contributed by atoms with Crippen LogP contribution in [0, 0.1) is 0 Å². The largest absolute Gasteiger partial charge is 0.506 e. The topological polar surface area (TPSA) is 61.7 Å². The van der Waals surface area contributed by atoms with Gasteiger partial charge in [-0.25, -0.2) is 0 Å². The van der Waals surface area contributed by atoms with E-state index in [1.54, 1.807) is 42.6 Å². The molecular weight excluding hydrogens is 500 g/mol. The summed E-state index contributed by atoms with van der Waals surface area (Å²) in [6, 6.07) is 27.9. The Bertz CT molecular complexity index is 1320. The van der Waals surface area contributed by atoms with Gasteiger partial charge in [0.1, 0.15) is 5.75 Å². The maximum absolute atomic E-state index is 12.5. The first-order chi connectivity index (χ1) is 16.0. The molecule has 4 aromatic rings. The van der Waals surface area contributed by atoms with E-state index < -0.39 is 0 Å². The van der Waals surface area contributed by atoms with E-state index in [1.807, 2.05) is 42.5 Å². The molecule has 0 aromatic heterocycles. The molecule has 0 saturated heterocycles. The van der Waals surface area contributed by atoms with Crippen LogP contribution in [-0.2, 0) is 6.42 Å². The molecule has 0 aliphatic heterocycles. The summed E-state index contributed by atoms with van der Waals surface area (Å²) in [6.07, 6.45) is 2.36. The van der Waals surface area contributed by atoms with Gasteiger partial charge in [0.15, 0.2) is 0 Å². The Balaban J connectivity index is 1.52. The minimum Gasteiger partial charge on any atom is -0.506 e. The van der Waals surface area contributed by atoms with Crippen LogP contribution in [0.4, 0.5) is 11.4 Å². The maximum atomic E-state index is 12.5. The number of anilines is 1. The standard InChI is InChI=1S/C27H20BrClN2O2/c28-25-14-19(12-18-6-2-1-3-7-18)13-21(26(25)32)17-30-23-10-5-11-24(16-23)31-27(33)20-8-4-9-22(29)15-20/h1-11,13-17,32H,12H2,(H,31,33). The van der Waals surface area contributed by atoms with Gasteiger partial charge < -0.3 is 10.4 Å². The van der Waals surface area contributed by atoms with E-state index in [1.165, 1.54) is 5.56 Å². The van der Waals surface area contributed by atoms with Crippen LogP contribution in [0.5, 0.6) is 5.75 Å². The lowest BCUT2D eigenvalue weighted by molar-refractivity contribution is 0.102. The average molecular weight is 520 g/mol. The van der Waals surface area contributed by atoms with Crippen molar-refractivity contribution in [3.05, 3.63) is 123 Å². The molecule has 6 heteroatoms. The van der Waals surface area contributed by atoms with Crippen LogP contribution in [0.25, 0.3) is 0 Å². The first kappa shape index (κ1) is 22.8. The fourth-order valence-corrected chi connectivity index (χ4v) is 4.07. The van der Waals surface area contributed by atoms with Crippen LogP contribution in [0.3, 0.4) is 0 Å². The number of amides is 1. The highest BCUT2D eigenvalue weighted by Crippen LogP contribution is 2.30. The summed E-state index contributed by atoms with van der Waals surface area (Å²) < 4.78 is 0.611. The molecule has 0 spiro atoms. The van der Waals surface area contributed by atoms with Gasteiger partial charge in [-0.3, -0.25) is 9.79 Å². The predicted molar refractivity (Wildman–Crippen MR) is 138 cm³/mol. The van der Waals surface area contributed by atoms with Crippen molar-refractivity contribution in [1.82, 2.24) is 0 Å². The van der Waals surface area contributed by atoms with E-state index >= 15 is 0 Å². The van der Waals surface area contributed by atoms with Gasteiger partial charge in [-0.15, -0.1) is 0 Å². The van der Waals surface area contributed by atoms with Gasteiger partial charge in [0, 0.05) is 28.1 Å². The molecule has 4 rings (SSSR count). The minimum absolute atomic E-state index is 0.126. The number of nitrogens with one attached hydrogen (secondary N) is 1. The maximum Gasteiger partial charge on any atom is 0.255 e. The van der Waals surface area contributed by atoms with Crippen molar-refractivity contribution in [3.8, 4) is 5.75 Å². The number of rotatable bonds is 6. The molecule has 0 saturated carbocycles. The SMILES string of the molecule is O=C(Nc1cccc(N=Cc2cc(Cc3ccccc3)cc(Br)c2O)c1)c1cccc(Cl)c1. The number of phenols is 1. The Morgan fingerprint density at radius 1 is 0.939 bits per heavy atom. The second kappa shape index (κ2) is 10.5. The minimum atomic E-state index is -0.256. The smallest absolute Gasteiger partial charge is 0.255 e. The van der Waals surface area contributed by atoms with Gasteiger partial charge in [-0.2, -0.15) is 0 Å². The summed E-state index contributed by atoms with van der Waals surface area (Å²) in [7, 11) is 0. The highest BCUT2D eigenvalue weighted by Gasteiger charge is 2.09. The highest BCUT2D eigenvalue weighted by atomic mass is 79.9. The number of halogens is 2.